The van der Waals surface area contributed by atoms with Gasteiger partial charge in [-0.2, -0.15) is 0 Å². The highest BCUT2D eigenvalue weighted by molar-refractivity contribution is 7.13. The van der Waals surface area contributed by atoms with Gasteiger partial charge in [0.2, 0.25) is 5.91 Å². The Balaban J connectivity index is 1.83. The SMILES string of the molecule is CCCC/C(C)=C/C=C/[C@H]1CCC(=O)N1CCCc1ccc(C(=O)O)s1. The van der Waals surface area contributed by atoms with Gasteiger partial charge in [0, 0.05) is 17.8 Å². The number of carbonyl (C=O) groups excluding carboxylic acids is 1. The molecule has 1 atom stereocenters. The molecule has 1 fully saturated rings. The Morgan fingerprint density at radius 1 is 1.38 bits per heavy atom. The van der Waals surface area contributed by atoms with E-state index < -0.39 is 5.97 Å². The molecule has 0 spiro atoms. The van der Waals surface area contributed by atoms with E-state index >= 15 is 0 Å². The zero-order valence-corrected chi connectivity index (χ0v) is 16.6. The first-order valence-corrected chi connectivity index (χ1v) is 10.3. The van der Waals surface area contributed by atoms with Crippen molar-refractivity contribution in [3.05, 3.63) is 45.7 Å². The Morgan fingerprint density at radius 2 is 2.19 bits per heavy atom. The molecule has 1 aromatic heterocycles. The number of nitrogens with zero attached hydrogens (tertiary/aromatic N) is 1. The molecule has 1 saturated heterocycles. The number of carboxylic acids is 1. The maximum absolute atomic E-state index is 12.2. The predicted octanol–water partition coefficient (Wildman–Crippen LogP) is 5.06. The lowest BCUT2D eigenvalue weighted by molar-refractivity contribution is -0.128. The average Bonchev–Trinajstić information content (AvgIpc) is 3.21. The summed E-state index contributed by atoms with van der Waals surface area (Å²) in [5.74, 6) is -0.646. The minimum Gasteiger partial charge on any atom is -0.477 e. The van der Waals surface area contributed by atoms with Crippen LogP contribution in [0.5, 0.6) is 0 Å². The van der Waals surface area contributed by atoms with Crippen LogP contribution in [0.2, 0.25) is 0 Å². The van der Waals surface area contributed by atoms with Crippen LogP contribution in [-0.4, -0.2) is 34.5 Å². The number of carbonyl (C=O) groups is 2. The molecule has 26 heavy (non-hydrogen) atoms. The third kappa shape index (κ3) is 6.13. The summed E-state index contributed by atoms with van der Waals surface area (Å²) in [4.78, 5) is 26.5. The summed E-state index contributed by atoms with van der Waals surface area (Å²) in [7, 11) is 0. The molecule has 1 aliphatic rings. The highest BCUT2D eigenvalue weighted by Crippen LogP contribution is 2.22. The van der Waals surface area contributed by atoms with Crippen LogP contribution in [0.25, 0.3) is 0 Å². The van der Waals surface area contributed by atoms with Gasteiger partial charge in [-0.15, -0.1) is 11.3 Å². The van der Waals surface area contributed by atoms with E-state index in [9.17, 15) is 9.59 Å². The van der Waals surface area contributed by atoms with Gasteiger partial charge < -0.3 is 10.0 Å². The van der Waals surface area contributed by atoms with Crippen molar-refractivity contribution in [2.24, 2.45) is 0 Å². The number of allylic oxidation sites excluding steroid dienone is 3. The second kappa shape index (κ2) is 10.3. The predicted molar refractivity (Wildman–Crippen MR) is 107 cm³/mol. The van der Waals surface area contributed by atoms with E-state index in [2.05, 4.69) is 32.1 Å². The molecule has 4 nitrogen and oxygen atoms in total. The summed E-state index contributed by atoms with van der Waals surface area (Å²) >= 11 is 1.32. The van der Waals surface area contributed by atoms with Crippen LogP contribution in [0.15, 0.2) is 35.9 Å². The van der Waals surface area contributed by atoms with E-state index in [0.29, 0.717) is 11.3 Å². The lowest BCUT2D eigenvalue weighted by atomic mass is 10.1. The van der Waals surface area contributed by atoms with Crippen molar-refractivity contribution in [2.45, 2.75) is 64.8 Å². The zero-order valence-electron chi connectivity index (χ0n) is 15.7. The van der Waals surface area contributed by atoms with Crippen molar-refractivity contribution in [3.8, 4) is 0 Å². The maximum Gasteiger partial charge on any atom is 0.345 e. The van der Waals surface area contributed by atoms with E-state index in [1.807, 2.05) is 11.0 Å². The molecule has 1 aliphatic heterocycles. The maximum atomic E-state index is 12.2. The topological polar surface area (TPSA) is 57.6 Å². The number of hydrogen-bond acceptors (Lipinski definition) is 3. The van der Waals surface area contributed by atoms with E-state index in [0.717, 1.165) is 37.1 Å². The molecule has 0 aromatic carbocycles. The Labute approximate surface area is 160 Å². The van der Waals surface area contributed by atoms with Gasteiger partial charge in [-0.05, 0) is 51.2 Å². The summed E-state index contributed by atoms with van der Waals surface area (Å²) in [6.45, 7) is 5.08. The van der Waals surface area contributed by atoms with Crippen LogP contribution in [0.4, 0.5) is 0 Å². The minimum absolute atomic E-state index is 0.190. The molecule has 0 unspecified atom stereocenters. The molecule has 0 radical (unpaired) electrons. The third-order valence-electron chi connectivity index (χ3n) is 4.71. The standard InChI is InChI=1S/C21H29NO3S/c1-3-4-7-16(2)8-5-9-17-11-14-20(23)22(17)15-6-10-18-12-13-19(26-18)21(24)25/h5,8-9,12-13,17H,3-4,6-7,10-11,14-15H2,1-2H3,(H,24,25)/b9-5+,16-8+/t17-/m0/s1. The van der Waals surface area contributed by atoms with Crippen molar-refractivity contribution < 1.29 is 14.7 Å². The number of likely N-dealkylation sites (tertiary alicyclic amines) is 1. The Bertz CT molecular complexity index is 675. The first kappa shape index (κ1) is 20.4. The molecule has 2 rings (SSSR count). The van der Waals surface area contributed by atoms with Crippen LogP contribution in [0.1, 0.15) is 66.9 Å². The Kier molecular flexibility index (Phi) is 8.10. The van der Waals surface area contributed by atoms with Crippen LogP contribution in [0.3, 0.4) is 0 Å². The molecule has 1 N–H and O–H groups in total. The number of aromatic carboxylic acids is 1. The lowest BCUT2D eigenvalue weighted by Crippen LogP contribution is -2.32. The highest BCUT2D eigenvalue weighted by Gasteiger charge is 2.28. The van der Waals surface area contributed by atoms with Gasteiger partial charge in [-0.25, -0.2) is 4.79 Å². The molecule has 0 saturated carbocycles. The summed E-state index contributed by atoms with van der Waals surface area (Å²) in [5, 5.41) is 8.98. The van der Waals surface area contributed by atoms with E-state index in [4.69, 9.17) is 5.11 Å². The van der Waals surface area contributed by atoms with Crippen molar-refractivity contribution in [1.82, 2.24) is 4.90 Å². The Morgan fingerprint density at radius 3 is 2.88 bits per heavy atom. The number of aryl methyl sites for hydroxylation is 1. The zero-order chi connectivity index (χ0) is 18.9. The summed E-state index contributed by atoms with van der Waals surface area (Å²) in [6, 6.07) is 3.72. The number of unbranched alkanes of at least 4 members (excludes halogenated alkanes) is 1. The molecular weight excluding hydrogens is 346 g/mol. The second-order valence-electron chi connectivity index (χ2n) is 6.87. The van der Waals surface area contributed by atoms with Gasteiger partial charge in [0.1, 0.15) is 4.88 Å². The number of rotatable bonds is 10. The van der Waals surface area contributed by atoms with Gasteiger partial charge in [0.15, 0.2) is 0 Å². The number of hydrogen-bond donors (Lipinski definition) is 1. The molecule has 0 bridgehead atoms. The highest BCUT2D eigenvalue weighted by atomic mass is 32.1. The molecule has 1 aromatic rings. The molecule has 0 aliphatic carbocycles. The number of thiophene rings is 1. The summed E-state index contributed by atoms with van der Waals surface area (Å²) < 4.78 is 0. The fourth-order valence-electron chi connectivity index (χ4n) is 3.18. The fourth-order valence-corrected chi connectivity index (χ4v) is 4.07. The molecule has 1 amide bonds. The van der Waals surface area contributed by atoms with Crippen molar-refractivity contribution in [2.75, 3.05) is 6.54 Å². The Hall–Kier alpha value is -1.88. The quantitative estimate of drug-likeness (QED) is 0.581. The monoisotopic (exact) mass is 375 g/mol. The van der Waals surface area contributed by atoms with Crippen LogP contribution in [0, 0.1) is 0 Å². The van der Waals surface area contributed by atoms with Gasteiger partial charge in [-0.3, -0.25) is 4.79 Å². The summed E-state index contributed by atoms with van der Waals surface area (Å²) in [5.41, 5.74) is 1.38. The smallest absolute Gasteiger partial charge is 0.345 e. The summed E-state index contributed by atoms with van der Waals surface area (Å²) in [6.07, 6.45) is 13.1. The fraction of sp³-hybridized carbons (Fsp3) is 0.524. The first-order valence-electron chi connectivity index (χ1n) is 9.46. The second-order valence-corrected chi connectivity index (χ2v) is 8.04. The molecule has 2 heterocycles. The van der Waals surface area contributed by atoms with Crippen LogP contribution in [-0.2, 0) is 11.2 Å². The lowest BCUT2D eigenvalue weighted by Gasteiger charge is -2.22. The van der Waals surface area contributed by atoms with Gasteiger partial charge in [0.05, 0.1) is 6.04 Å². The van der Waals surface area contributed by atoms with Crippen molar-refractivity contribution in [1.29, 1.82) is 0 Å². The van der Waals surface area contributed by atoms with Crippen LogP contribution < -0.4 is 0 Å². The van der Waals surface area contributed by atoms with Crippen LogP contribution >= 0.6 is 11.3 Å². The van der Waals surface area contributed by atoms with Crippen molar-refractivity contribution >= 4 is 23.2 Å². The number of amides is 1. The van der Waals surface area contributed by atoms with Gasteiger partial charge in [-0.1, -0.05) is 37.1 Å². The van der Waals surface area contributed by atoms with E-state index in [1.54, 1.807) is 6.07 Å². The van der Waals surface area contributed by atoms with E-state index in [-0.39, 0.29) is 11.9 Å². The van der Waals surface area contributed by atoms with E-state index in [1.165, 1.54) is 29.8 Å². The minimum atomic E-state index is -0.872. The van der Waals surface area contributed by atoms with Gasteiger partial charge in [0.25, 0.3) is 0 Å². The largest absolute Gasteiger partial charge is 0.477 e. The number of carboxylic acid groups (broad SMARTS) is 1. The third-order valence-corrected chi connectivity index (χ3v) is 5.84. The molecule has 5 heteroatoms. The average molecular weight is 376 g/mol. The molecule has 142 valence electrons. The first-order chi connectivity index (χ1) is 12.5. The molecular formula is C21H29NO3S. The normalized spacial score (nSPS) is 18.2. The van der Waals surface area contributed by atoms with Gasteiger partial charge >= 0.3 is 5.97 Å². The van der Waals surface area contributed by atoms with Crippen molar-refractivity contribution in [3.63, 3.8) is 0 Å².